The summed E-state index contributed by atoms with van der Waals surface area (Å²) in [4.78, 5) is 14.8. The topological polar surface area (TPSA) is 53.6 Å². The van der Waals surface area contributed by atoms with Crippen LogP contribution in [0.2, 0.25) is 0 Å². The summed E-state index contributed by atoms with van der Waals surface area (Å²) in [6.45, 7) is 5.15. The lowest BCUT2D eigenvalue weighted by Gasteiger charge is -2.34. The van der Waals surface area contributed by atoms with Gasteiger partial charge < -0.3 is 15.4 Å². The summed E-state index contributed by atoms with van der Waals surface area (Å²) in [5.74, 6) is 0.178. The van der Waals surface area contributed by atoms with Crippen molar-refractivity contribution in [2.45, 2.75) is 18.9 Å². The highest BCUT2D eigenvalue weighted by Gasteiger charge is 2.31. The van der Waals surface area contributed by atoms with Crippen molar-refractivity contribution in [2.75, 3.05) is 45.9 Å². The molecule has 2 fully saturated rings. The van der Waals surface area contributed by atoms with Gasteiger partial charge in [0, 0.05) is 25.2 Å². The zero-order valence-electron chi connectivity index (χ0n) is 14.8. The number of morpholine rings is 1. The van der Waals surface area contributed by atoms with Crippen LogP contribution in [0.1, 0.15) is 24.4 Å². The smallest absolute Gasteiger partial charge is 0.242 e. The molecule has 3 rings (SSSR count). The molecule has 0 saturated carbocycles. The van der Waals surface area contributed by atoms with E-state index in [0.717, 1.165) is 25.9 Å². The van der Waals surface area contributed by atoms with Crippen molar-refractivity contribution in [1.29, 1.82) is 0 Å². The molecule has 1 aromatic carbocycles. The zero-order chi connectivity index (χ0) is 16.8. The molecule has 26 heavy (non-hydrogen) atoms. The van der Waals surface area contributed by atoms with Crippen LogP contribution < -0.4 is 10.6 Å². The molecule has 5 nitrogen and oxygen atoms in total. The van der Waals surface area contributed by atoms with Crippen LogP contribution >= 0.6 is 24.8 Å². The number of benzene rings is 1. The minimum Gasteiger partial charge on any atom is -0.379 e. The van der Waals surface area contributed by atoms with Gasteiger partial charge in [0.15, 0.2) is 0 Å². The number of amides is 1. The van der Waals surface area contributed by atoms with Gasteiger partial charge in [0.25, 0.3) is 0 Å². The monoisotopic (exact) mass is 407 g/mol. The predicted octanol–water partition coefficient (Wildman–Crippen LogP) is 2.16. The van der Waals surface area contributed by atoms with E-state index in [4.69, 9.17) is 4.74 Å². The van der Waals surface area contributed by atoms with Gasteiger partial charge in [-0.05, 0) is 37.9 Å². The van der Waals surface area contributed by atoms with E-state index >= 15 is 0 Å². The van der Waals surface area contributed by atoms with Crippen LogP contribution in [0.25, 0.3) is 0 Å². The SMILES string of the molecule is Cl.Cl.O=C(NCCC1CCNC1)C(c1ccccc1F)N1CCOCC1. The molecule has 0 aliphatic carbocycles. The van der Waals surface area contributed by atoms with Gasteiger partial charge in [0.1, 0.15) is 11.9 Å². The average Bonchev–Trinajstić information content (AvgIpc) is 3.11. The fourth-order valence-electron chi connectivity index (χ4n) is 3.49. The first-order chi connectivity index (χ1) is 11.8. The average molecular weight is 408 g/mol. The number of nitrogens with one attached hydrogen (secondary N) is 2. The Bertz CT molecular complexity index is 553. The summed E-state index contributed by atoms with van der Waals surface area (Å²) in [5, 5.41) is 6.35. The highest BCUT2D eigenvalue weighted by atomic mass is 35.5. The number of carbonyl (C=O) groups is 1. The second-order valence-electron chi connectivity index (χ2n) is 6.51. The lowest BCUT2D eigenvalue weighted by Crippen LogP contribution is -2.46. The molecule has 2 aliphatic heterocycles. The van der Waals surface area contributed by atoms with Crippen molar-refractivity contribution in [3.05, 3.63) is 35.6 Å². The number of hydrogen-bond acceptors (Lipinski definition) is 4. The van der Waals surface area contributed by atoms with E-state index < -0.39 is 6.04 Å². The zero-order valence-corrected chi connectivity index (χ0v) is 16.4. The summed E-state index contributed by atoms with van der Waals surface area (Å²) in [5.41, 5.74) is 0.444. The summed E-state index contributed by atoms with van der Waals surface area (Å²) in [6, 6.07) is 5.97. The van der Waals surface area contributed by atoms with Crippen LogP contribution in [-0.4, -0.2) is 56.7 Å². The Morgan fingerprint density at radius 2 is 2.04 bits per heavy atom. The summed E-state index contributed by atoms with van der Waals surface area (Å²) >= 11 is 0. The van der Waals surface area contributed by atoms with E-state index in [1.807, 2.05) is 4.90 Å². The largest absolute Gasteiger partial charge is 0.379 e. The van der Waals surface area contributed by atoms with Crippen LogP contribution in [0, 0.1) is 11.7 Å². The van der Waals surface area contributed by atoms with E-state index in [2.05, 4.69) is 10.6 Å². The standard InChI is InChI=1S/C18H26FN3O2.2ClH/c19-16-4-2-1-3-15(16)17(22-9-11-24-12-10-22)18(23)21-8-6-14-5-7-20-13-14;;/h1-4,14,17,20H,5-13H2,(H,21,23);2*1H. The summed E-state index contributed by atoms with van der Waals surface area (Å²) in [7, 11) is 0. The Morgan fingerprint density at radius 1 is 1.31 bits per heavy atom. The second-order valence-corrected chi connectivity index (χ2v) is 6.51. The third-order valence-electron chi connectivity index (χ3n) is 4.87. The molecule has 0 bridgehead atoms. The van der Waals surface area contributed by atoms with E-state index in [9.17, 15) is 9.18 Å². The number of rotatable bonds is 6. The van der Waals surface area contributed by atoms with Gasteiger partial charge in [-0.25, -0.2) is 4.39 Å². The second kappa shape index (κ2) is 11.7. The first kappa shape index (κ1) is 23.1. The Morgan fingerprint density at radius 3 is 2.69 bits per heavy atom. The van der Waals surface area contributed by atoms with Gasteiger partial charge in [-0.2, -0.15) is 0 Å². The predicted molar refractivity (Wildman–Crippen MR) is 105 cm³/mol. The van der Waals surface area contributed by atoms with Crippen molar-refractivity contribution in [3.8, 4) is 0 Å². The molecular weight excluding hydrogens is 380 g/mol. The van der Waals surface area contributed by atoms with Crippen molar-refractivity contribution < 1.29 is 13.9 Å². The third-order valence-corrected chi connectivity index (χ3v) is 4.87. The molecule has 2 aliphatic rings. The van der Waals surface area contributed by atoms with Crippen molar-refractivity contribution in [2.24, 2.45) is 5.92 Å². The van der Waals surface area contributed by atoms with E-state index in [-0.39, 0.29) is 36.5 Å². The van der Waals surface area contributed by atoms with Crippen LogP contribution in [0.4, 0.5) is 4.39 Å². The van der Waals surface area contributed by atoms with Crippen LogP contribution in [0.5, 0.6) is 0 Å². The summed E-state index contributed by atoms with van der Waals surface area (Å²) in [6.07, 6.45) is 2.13. The molecular formula is C18H28Cl2FN3O2. The van der Waals surface area contributed by atoms with Crippen molar-refractivity contribution in [3.63, 3.8) is 0 Å². The quantitative estimate of drug-likeness (QED) is 0.758. The maximum absolute atomic E-state index is 14.3. The van der Waals surface area contributed by atoms with Crippen molar-refractivity contribution in [1.82, 2.24) is 15.5 Å². The van der Waals surface area contributed by atoms with Gasteiger partial charge in [0.2, 0.25) is 5.91 Å². The van der Waals surface area contributed by atoms with Gasteiger partial charge in [-0.15, -0.1) is 24.8 Å². The molecule has 2 unspecified atom stereocenters. The molecule has 0 aromatic heterocycles. The van der Waals surface area contributed by atoms with E-state index in [0.29, 0.717) is 44.3 Å². The molecule has 148 valence electrons. The minimum absolute atomic E-state index is 0. The molecule has 8 heteroatoms. The van der Waals surface area contributed by atoms with Crippen LogP contribution in [0.3, 0.4) is 0 Å². The minimum atomic E-state index is -0.586. The molecule has 1 aromatic rings. The first-order valence-electron chi connectivity index (χ1n) is 8.80. The molecule has 1 amide bonds. The molecule has 0 spiro atoms. The Balaban J connectivity index is 0.00000169. The maximum Gasteiger partial charge on any atom is 0.242 e. The normalized spacial score (nSPS) is 21.3. The number of nitrogens with zero attached hydrogens (tertiary/aromatic N) is 1. The number of ether oxygens (including phenoxy) is 1. The number of hydrogen-bond donors (Lipinski definition) is 2. The molecule has 2 N–H and O–H groups in total. The highest BCUT2D eigenvalue weighted by Crippen LogP contribution is 2.24. The Hall–Kier alpha value is -0.920. The molecule has 2 saturated heterocycles. The van der Waals surface area contributed by atoms with Gasteiger partial charge in [-0.3, -0.25) is 9.69 Å². The summed E-state index contributed by atoms with van der Waals surface area (Å²) < 4.78 is 19.6. The number of carbonyl (C=O) groups excluding carboxylic acids is 1. The van der Waals surface area contributed by atoms with Gasteiger partial charge in [-0.1, -0.05) is 18.2 Å². The first-order valence-corrected chi connectivity index (χ1v) is 8.80. The Labute approximate surface area is 166 Å². The molecule has 2 atom stereocenters. The lowest BCUT2D eigenvalue weighted by atomic mass is 10.0. The molecule has 2 heterocycles. The third kappa shape index (κ3) is 6.06. The van der Waals surface area contributed by atoms with Crippen LogP contribution in [0.15, 0.2) is 24.3 Å². The number of halogens is 3. The van der Waals surface area contributed by atoms with Crippen molar-refractivity contribution >= 4 is 30.7 Å². The fourth-order valence-corrected chi connectivity index (χ4v) is 3.49. The lowest BCUT2D eigenvalue weighted by molar-refractivity contribution is -0.128. The Kier molecular flexibility index (Phi) is 10.4. The van der Waals surface area contributed by atoms with E-state index in [1.165, 1.54) is 6.07 Å². The van der Waals surface area contributed by atoms with Gasteiger partial charge in [0.05, 0.1) is 13.2 Å². The van der Waals surface area contributed by atoms with Gasteiger partial charge >= 0.3 is 0 Å². The maximum atomic E-state index is 14.3. The fraction of sp³-hybridized carbons (Fsp3) is 0.611. The van der Waals surface area contributed by atoms with E-state index in [1.54, 1.807) is 18.2 Å². The van der Waals surface area contributed by atoms with Crippen LogP contribution in [-0.2, 0) is 9.53 Å². The highest BCUT2D eigenvalue weighted by molar-refractivity contribution is 5.85. The molecule has 0 radical (unpaired) electrons.